The second kappa shape index (κ2) is 11.9. The summed E-state index contributed by atoms with van der Waals surface area (Å²) in [6.07, 6.45) is -3.59. The lowest BCUT2D eigenvalue weighted by atomic mass is 10.00. The first-order valence-electron chi connectivity index (χ1n) is 11.9. The highest BCUT2D eigenvalue weighted by atomic mass is 16.6. The minimum Gasteiger partial charge on any atom is -0.466 e. The smallest absolute Gasteiger partial charge is 0.431 e. The van der Waals surface area contributed by atoms with E-state index in [0.717, 1.165) is 11.1 Å². The van der Waals surface area contributed by atoms with Crippen LogP contribution in [-0.2, 0) is 19.0 Å². The standard InChI is InChI=1S/C28H37N3O6/c1-18-10-14-20(15-11-18)22(21-16-12-19(2)13-17-21)29-23(24(32)35-9)31(26(34)37-28(6,7)8)30-25(33)36-27(3,4)5/h10-17,23H,1-9H3,(H,30,33)/t23-/m1/s1. The number of hydrazine groups is 1. The van der Waals surface area contributed by atoms with Gasteiger partial charge in [-0.2, -0.15) is 5.01 Å². The lowest BCUT2D eigenvalue weighted by Gasteiger charge is -2.31. The fourth-order valence-electron chi connectivity index (χ4n) is 3.10. The van der Waals surface area contributed by atoms with E-state index < -0.39 is 35.5 Å². The third-order valence-electron chi connectivity index (χ3n) is 4.76. The summed E-state index contributed by atoms with van der Waals surface area (Å²) < 4.78 is 15.8. The summed E-state index contributed by atoms with van der Waals surface area (Å²) in [7, 11) is 1.17. The lowest BCUT2D eigenvalue weighted by molar-refractivity contribution is -0.147. The van der Waals surface area contributed by atoms with Gasteiger partial charge in [0.25, 0.3) is 0 Å². The number of carbonyl (C=O) groups excluding carboxylic acids is 3. The number of hydrogen-bond acceptors (Lipinski definition) is 7. The van der Waals surface area contributed by atoms with Gasteiger partial charge in [0.05, 0.1) is 12.8 Å². The largest absolute Gasteiger partial charge is 0.466 e. The monoisotopic (exact) mass is 511 g/mol. The number of rotatable bonds is 5. The molecule has 2 amide bonds. The Labute approximate surface area is 218 Å². The maximum absolute atomic E-state index is 13.2. The minimum atomic E-state index is -1.62. The van der Waals surface area contributed by atoms with Gasteiger partial charge in [-0.1, -0.05) is 59.7 Å². The Morgan fingerprint density at radius 2 is 1.22 bits per heavy atom. The van der Waals surface area contributed by atoms with E-state index in [1.54, 1.807) is 41.5 Å². The SMILES string of the molecule is COC(=O)[C@H](N=C(c1ccc(C)cc1)c1ccc(C)cc1)N(NC(=O)OC(C)(C)C)C(=O)OC(C)(C)C. The van der Waals surface area contributed by atoms with E-state index in [-0.39, 0.29) is 0 Å². The molecular formula is C28H37N3O6. The Kier molecular flexibility index (Phi) is 9.44. The molecule has 2 rings (SSSR count). The maximum atomic E-state index is 13.2. The summed E-state index contributed by atoms with van der Waals surface area (Å²) in [5.74, 6) is -0.890. The first-order valence-corrected chi connectivity index (χ1v) is 11.9. The maximum Gasteiger partial charge on any atom is 0.431 e. The van der Waals surface area contributed by atoms with Crippen LogP contribution in [0.4, 0.5) is 9.59 Å². The van der Waals surface area contributed by atoms with Gasteiger partial charge < -0.3 is 14.2 Å². The lowest BCUT2D eigenvalue weighted by Crippen LogP contribution is -2.56. The third-order valence-corrected chi connectivity index (χ3v) is 4.76. The van der Waals surface area contributed by atoms with E-state index >= 15 is 0 Å². The number of esters is 1. The van der Waals surface area contributed by atoms with E-state index in [4.69, 9.17) is 14.2 Å². The molecule has 0 radical (unpaired) electrons. The topological polar surface area (TPSA) is 107 Å². The van der Waals surface area contributed by atoms with Crippen molar-refractivity contribution in [3.63, 3.8) is 0 Å². The Hall–Kier alpha value is -3.88. The van der Waals surface area contributed by atoms with Gasteiger partial charge in [-0.15, -0.1) is 0 Å². The van der Waals surface area contributed by atoms with Crippen LogP contribution in [0.2, 0.25) is 0 Å². The van der Waals surface area contributed by atoms with E-state index in [1.165, 1.54) is 7.11 Å². The van der Waals surface area contributed by atoms with Crippen LogP contribution in [-0.4, -0.2) is 53.4 Å². The van der Waals surface area contributed by atoms with Crippen LogP contribution in [0, 0.1) is 13.8 Å². The fraction of sp³-hybridized carbons (Fsp3) is 0.429. The summed E-state index contributed by atoms with van der Waals surface area (Å²) in [4.78, 5) is 43.6. The number of aliphatic imine (C=N–C) groups is 1. The van der Waals surface area contributed by atoms with E-state index in [1.807, 2.05) is 62.4 Å². The van der Waals surface area contributed by atoms with Crippen molar-refractivity contribution in [1.82, 2.24) is 10.4 Å². The van der Waals surface area contributed by atoms with Gasteiger partial charge in [-0.3, -0.25) is 0 Å². The molecule has 0 heterocycles. The minimum absolute atomic E-state index is 0.412. The van der Waals surface area contributed by atoms with Crippen LogP contribution in [0.15, 0.2) is 53.5 Å². The first-order chi connectivity index (χ1) is 17.1. The number of aryl methyl sites for hydroxylation is 2. The molecule has 0 aromatic heterocycles. The molecule has 0 spiro atoms. The van der Waals surface area contributed by atoms with Crippen molar-refractivity contribution < 1.29 is 28.6 Å². The van der Waals surface area contributed by atoms with Crippen LogP contribution < -0.4 is 5.43 Å². The number of carbonyl (C=O) groups is 3. The third kappa shape index (κ3) is 9.25. The number of methoxy groups -OCH3 is 1. The predicted octanol–water partition coefficient (Wildman–Crippen LogP) is 5.32. The van der Waals surface area contributed by atoms with Crippen molar-refractivity contribution in [2.75, 3.05) is 7.11 Å². The predicted molar refractivity (Wildman–Crippen MR) is 141 cm³/mol. The molecule has 0 aliphatic rings. The van der Waals surface area contributed by atoms with Crippen LogP contribution in [0.5, 0.6) is 0 Å². The van der Waals surface area contributed by atoms with E-state index in [2.05, 4.69) is 10.4 Å². The van der Waals surface area contributed by atoms with Crippen LogP contribution >= 0.6 is 0 Å². The van der Waals surface area contributed by atoms with Gasteiger partial charge >= 0.3 is 18.2 Å². The Balaban J connectivity index is 2.69. The second-order valence-corrected chi connectivity index (χ2v) is 10.6. The van der Waals surface area contributed by atoms with Crippen molar-refractivity contribution >= 4 is 23.9 Å². The molecule has 200 valence electrons. The van der Waals surface area contributed by atoms with Gasteiger partial charge in [0.2, 0.25) is 6.17 Å². The molecule has 1 atom stereocenters. The Bertz CT molecular complexity index is 1080. The first kappa shape index (κ1) is 29.4. The molecule has 0 saturated carbocycles. The summed E-state index contributed by atoms with van der Waals surface area (Å²) in [5, 5.41) is 0.688. The zero-order chi connectivity index (χ0) is 28.0. The molecule has 9 nitrogen and oxygen atoms in total. The molecule has 9 heteroatoms. The average Bonchev–Trinajstić information content (AvgIpc) is 2.77. The van der Waals surface area contributed by atoms with Gasteiger partial charge in [0.1, 0.15) is 11.2 Å². The summed E-state index contributed by atoms with van der Waals surface area (Å²) in [6.45, 7) is 13.9. The quantitative estimate of drug-likeness (QED) is 0.252. The molecule has 37 heavy (non-hydrogen) atoms. The molecule has 0 aliphatic carbocycles. The number of nitrogens with zero attached hydrogens (tertiary/aromatic N) is 2. The highest BCUT2D eigenvalue weighted by Crippen LogP contribution is 2.18. The van der Waals surface area contributed by atoms with Gasteiger partial charge in [-0.05, 0) is 55.4 Å². The van der Waals surface area contributed by atoms with Crippen LogP contribution in [0.3, 0.4) is 0 Å². The molecule has 2 aromatic carbocycles. The molecule has 2 aromatic rings. The van der Waals surface area contributed by atoms with Gasteiger partial charge in [0.15, 0.2) is 0 Å². The second-order valence-electron chi connectivity index (χ2n) is 10.6. The zero-order valence-electron chi connectivity index (χ0n) is 23.0. The number of ether oxygens (including phenoxy) is 3. The number of benzene rings is 2. The van der Waals surface area contributed by atoms with Crippen molar-refractivity contribution in [2.45, 2.75) is 72.8 Å². The van der Waals surface area contributed by atoms with Gasteiger partial charge in [-0.25, -0.2) is 24.8 Å². The molecule has 0 unspecified atom stereocenters. The Morgan fingerprint density at radius 1 is 0.784 bits per heavy atom. The molecule has 0 bridgehead atoms. The average molecular weight is 512 g/mol. The number of amides is 2. The molecular weight excluding hydrogens is 474 g/mol. The summed E-state index contributed by atoms with van der Waals surface area (Å²) in [5.41, 5.74) is 4.43. The van der Waals surface area contributed by atoms with Crippen molar-refractivity contribution in [3.8, 4) is 0 Å². The zero-order valence-corrected chi connectivity index (χ0v) is 23.0. The number of nitrogens with one attached hydrogen (secondary N) is 1. The van der Waals surface area contributed by atoms with E-state index in [9.17, 15) is 14.4 Å². The molecule has 0 saturated heterocycles. The van der Waals surface area contributed by atoms with Crippen molar-refractivity contribution in [3.05, 3.63) is 70.8 Å². The normalized spacial score (nSPS) is 12.1. The molecule has 0 fully saturated rings. The van der Waals surface area contributed by atoms with E-state index in [0.29, 0.717) is 21.8 Å². The Morgan fingerprint density at radius 3 is 1.59 bits per heavy atom. The van der Waals surface area contributed by atoms with Crippen molar-refractivity contribution in [2.24, 2.45) is 4.99 Å². The highest BCUT2D eigenvalue weighted by molar-refractivity contribution is 6.13. The number of hydrogen-bond donors (Lipinski definition) is 1. The molecule has 0 aliphatic heterocycles. The van der Waals surface area contributed by atoms with Crippen LogP contribution in [0.1, 0.15) is 63.8 Å². The summed E-state index contributed by atoms with van der Waals surface area (Å²) in [6, 6.07) is 15.1. The molecule has 1 N–H and O–H groups in total. The summed E-state index contributed by atoms with van der Waals surface area (Å²) >= 11 is 0. The highest BCUT2D eigenvalue weighted by Gasteiger charge is 2.37. The van der Waals surface area contributed by atoms with Gasteiger partial charge in [0, 0.05) is 11.1 Å². The van der Waals surface area contributed by atoms with Crippen LogP contribution in [0.25, 0.3) is 0 Å². The fourth-order valence-corrected chi connectivity index (χ4v) is 3.10. The van der Waals surface area contributed by atoms with Crippen molar-refractivity contribution in [1.29, 1.82) is 0 Å².